The van der Waals surface area contributed by atoms with E-state index in [9.17, 15) is 20.0 Å². The second-order valence-electron chi connectivity index (χ2n) is 4.85. The highest BCUT2D eigenvalue weighted by molar-refractivity contribution is 5.85. The molecule has 0 saturated carbocycles. The zero-order valence-corrected chi connectivity index (χ0v) is 11.8. The lowest BCUT2D eigenvalue weighted by molar-refractivity contribution is -0.384. The van der Waals surface area contributed by atoms with Gasteiger partial charge in [-0.2, -0.15) is 0 Å². The molecule has 2 rings (SSSR count). The molecule has 0 aromatic heterocycles. The number of benzene rings is 2. The summed E-state index contributed by atoms with van der Waals surface area (Å²) in [6.07, 6.45) is 0. The molecular weight excluding hydrogens is 282 g/mol. The van der Waals surface area contributed by atoms with Crippen LogP contribution >= 0.6 is 0 Å². The molecule has 0 saturated heterocycles. The molecule has 2 aromatic carbocycles. The minimum absolute atomic E-state index is 0.161. The Morgan fingerprint density at radius 3 is 2.45 bits per heavy atom. The Hall–Kier alpha value is -3.13. The van der Waals surface area contributed by atoms with Crippen molar-refractivity contribution >= 4 is 11.7 Å². The molecule has 0 radical (unpaired) electrons. The molecule has 0 aliphatic carbocycles. The normalized spacial score (nSPS) is 12.6. The number of hydrogen-bond donors (Lipinski definition) is 1. The van der Waals surface area contributed by atoms with E-state index in [0.29, 0.717) is 5.56 Å². The van der Waals surface area contributed by atoms with E-state index in [1.165, 1.54) is 31.2 Å². The molecule has 2 aromatic rings. The molecule has 0 aliphatic rings. The highest BCUT2D eigenvalue weighted by atomic mass is 16.6. The van der Waals surface area contributed by atoms with Gasteiger partial charge in [0.25, 0.3) is 5.69 Å². The van der Waals surface area contributed by atoms with Gasteiger partial charge < -0.3 is 5.11 Å². The van der Waals surface area contributed by atoms with E-state index in [2.05, 4.69) is 11.8 Å². The van der Waals surface area contributed by atoms with Crippen LogP contribution in [0.4, 0.5) is 5.69 Å². The van der Waals surface area contributed by atoms with Crippen LogP contribution in [0.2, 0.25) is 0 Å². The Bertz CT molecular complexity index is 774. The summed E-state index contributed by atoms with van der Waals surface area (Å²) in [5, 5.41) is 20.4. The van der Waals surface area contributed by atoms with Gasteiger partial charge >= 0.3 is 5.97 Å². The van der Waals surface area contributed by atoms with Crippen LogP contribution in [-0.4, -0.2) is 16.0 Å². The van der Waals surface area contributed by atoms with Crippen LogP contribution in [-0.2, 0) is 10.2 Å². The average Bonchev–Trinajstić information content (AvgIpc) is 2.53. The second-order valence-corrected chi connectivity index (χ2v) is 4.85. The van der Waals surface area contributed by atoms with Crippen molar-refractivity contribution in [2.75, 3.05) is 0 Å². The van der Waals surface area contributed by atoms with Crippen LogP contribution in [0.3, 0.4) is 0 Å². The highest BCUT2D eigenvalue weighted by Gasteiger charge is 2.34. The zero-order chi connectivity index (χ0) is 16.2. The number of nitro benzene ring substituents is 1. The van der Waals surface area contributed by atoms with Crippen LogP contribution in [0.15, 0.2) is 54.6 Å². The lowest BCUT2D eigenvalue weighted by atomic mass is 9.82. The molecule has 5 nitrogen and oxygen atoms in total. The predicted octanol–water partition coefficient (Wildman–Crippen LogP) is 2.99. The molecule has 0 heterocycles. The Morgan fingerprint density at radius 1 is 1.18 bits per heavy atom. The van der Waals surface area contributed by atoms with Crippen LogP contribution in [0.25, 0.3) is 0 Å². The van der Waals surface area contributed by atoms with Crippen molar-refractivity contribution in [3.63, 3.8) is 0 Å². The fraction of sp³-hybridized carbons (Fsp3) is 0.118. The Morgan fingerprint density at radius 2 is 1.86 bits per heavy atom. The molecule has 0 amide bonds. The lowest BCUT2D eigenvalue weighted by Crippen LogP contribution is -2.30. The maximum Gasteiger partial charge on any atom is 0.326 e. The highest BCUT2D eigenvalue weighted by Crippen LogP contribution is 2.27. The minimum Gasteiger partial charge on any atom is -0.480 e. The molecule has 1 N–H and O–H groups in total. The Kier molecular flexibility index (Phi) is 4.23. The van der Waals surface area contributed by atoms with Gasteiger partial charge in [0.15, 0.2) is 5.41 Å². The van der Waals surface area contributed by atoms with Gasteiger partial charge in [0.1, 0.15) is 0 Å². The number of rotatable bonds is 3. The van der Waals surface area contributed by atoms with E-state index in [1.807, 2.05) is 6.07 Å². The number of nitro groups is 1. The first-order chi connectivity index (χ1) is 10.4. The average molecular weight is 295 g/mol. The summed E-state index contributed by atoms with van der Waals surface area (Å²) < 4.78 is 0. The van der Waals surface area contributed by atoms with Gasteiger partial charge in [-0.05, 0) is 24.6 Å². The largest absolute Gasteiger partial charge is 0.480 e. The Labute approximate surface area is 127 Å². The van der Waals surface area contributed by atoms with Gasteiger partial charge in [-0.15, -0.1) is 0 Å². The van der Waals surface area contributed by atoms with E-state index < -0.39 is 16.3 Å². The zero-order valence-electron chi connectivity index (χ0n) is 11.8. The van der Waals surface area contributed by atoms with Crippen molar-refractivity contribution in [2.24, 2.45) is 0 Å². The van der Waals surface area contributed by atoms with E-state index in [-0.39, 0.29) is 11.3 Å². The molecule has 110 valence electrons. The maximum absolute atomic E-state index is 11.7. The van der Waals surface area contributed by atoms with E-state index in [4.69, 9.17) is 0 Å². The van der Waals surface area contributed by atoms with Gasteiger partial charge in [0, 0.05) is 17.7 Å². The van der Waals surface area contributed by atoms with Crippen LogP contribution in [0.5, 0.6) is 0 Å². The van der Waals surface area contributed by atoms with Crippen molar-refractivity contribution in [3.05, 3.63) is 75.8 Å². The summed E-state index contributed by atoms with van der Waals surface area (Å²) in [5.74, 6) is 4.38. The number of carboxylic acid groups (broad SMARTS) is 1. The molecule has 0 fully saturated rings. The first-order valence-corrected chi connectivity index (χ1v) is 6.50. The van der Waals surface area contributed by atoms with Gasteiger partial charge in [0.05, 0.1) is 4.92 Å². The second kappa shape index (κ2) is 6.10. The van der Waals surface area contributed by atoms with E-state index in [1.54, 1.807) is 24.3 Å². The molecule has 5 heteroatoms. The van der Waals surface area contributed by atoms with Crippen molar-refractivity contribution in [3.8, 4) is 11.8 Å². The fourth-order valence-electron chi connectivity index (χ4n) is 1.90. The minimum atomic E-state index is -1.53. The van der Waals surface area contributed by atoms with Crippen LogP contribution in [0.1, 0.15) is 18.1 Å². The number of non-ortho nitro benzene ring substituents is 1. The summed E-state index contributed by atoms with van der Waals surface area (Å²) in [5.41, 5.74) is -0.730. The quantitative estimate of drug-likeness (QED) is 0.536. The topological polar surface area (TPSA) is 80.4 Å². The summed E-state index contributed by atoms with van der Waals surface area (Å²) in [7, 11) is 0. The monoisotopic (exact) mass is 295 g/mol. The summed E-state index contributed by atoms with van der Waals surface area (Å²) in [6, 6.07) is 14.5. The molecular formula is C17H13NO4. The molecule has 0 spiro atoms. The summed E-state index contributed by atoms with van der Waals surface area (Å²) in [6.45, 7) is 1.43. The molecule has 1 unspecified atom stereocenters. The number of aliphatic carboxylic acids is 1. The number of hydrogen-bond acceptors (Lipinski definition) is 3. The predicted molar refractivity (Wildman–Crippen MR) is 81.4 cm³/mol. The van der Waals surface area contributed by atoms with Gasteiger partial charge in [0.2, 0.25) is 0 Å². The molecule has 0 bridgehead atoms. The number of nitrogens with zero attached hydrogens (tertiary/aromatic N) is 1. The van der Waals surface area contributed by atoms with Crippen molar-refractivity contribution in [1.82, 2.24) is 0 Å². The van der Waals surface area contributed by atoms with Crippen LogP contribution in [0, 0.1) is 22.0 Å². The first kappa shape index (κ1) is 15.3. The molecule has 22 heavy (non-hydrogen) atoms. The molecule has 1 atom stereocenters. The number of carbonyl (C=O) groups is 1. The fourth-order valence-corrected chi connectivity index (χ4v) is 1.90. The third-order valence-corrected chi connectivity index (χ3v) is 3.29. The summed E-state index contributed by atoms with van der Waals surface area (Å²) >= 11 is 0. The lowest BCUT2D eigenvalue weighted by Gasteiger charge is -2.18. The Balaban J connectivity index is 2.50. The first-order valence-electron chi connectivity index (χ1n) is 6.50. The van der Waals surface area contributed by atoms with Gasteiger partial charge in [-0.1, -0.05) is 42.2 Å². The SMILES string of the molecule is CC(C#Cc1ccccc1)(C(=O)O)c1cccc([N+](=O)[O-])c1. The van der Waals surface area contributed by atoms with Crippen molar-refractivity contribution < 1.29 is 14.8 Å². The molecule has 0 aliphatic heterocycles. The smallest absolute Gasteiger partial charge is 0.326 e. The van der Waals surface area contributed by atoms with E-state index >= 15 is 0 Å². The van der Waals surface area contributed by atoms with Crippen molar-refractivity contribution in [2.45, 2.75) is 12.3 Å². The third-order valence-electron chi connectivity index (χ3n) is 3.29. The standard InChI is InChI=1S/C17H13NO4/c1-17(16(19)20,11-10-13-6-3-2-4-7-13)14-8-5-9-15(12-14)18(21)22/h2-9,12H,1H3,(H,19,20). The van der Waals surface area contributed by atoms with E-state index in [0.717, 1.165) is 0 Å². The maximum atomic E-state index is 11.7. The number of carboxylic acids is 1. The summed E-state index contributed by atoms with van der Waals surface area (Å²) in [4.78, 5) is 21.9. The van der Waals surface area contributed by atoms with Crippen molar-refractivity contribution in [1.29, 1.82) is 0 Å². The third kappa shape index (κ3) is 3.13. The van der Waals surface area contributed by atoms with Gasteiger partial charge in [-0.25, -0.2) is 0 Å². The van der Waals surface area contributed by atoms with Gasteiger partial charge in [-0.3, -0.25) is 14.9 Å². The van der Waals surface area contributed by atoms with Crippen LogP contribution < -0.4 is 0 Å².